The highest BCUT2D eigenvalue weighted by atomic mass is 32.1. The first-order valence-corrected chi connectivity index (χ1v) is 7.79. The molecule has 2 rings (SSSR count). The molecule has 5 heteroatoms. The summed E-state index contributed by atoms with van der Waals surface area (Å²) in [6, 6.07) is 5.14. The van der Waals surface area contributed by atoms with Crippen molar-refractivity contribution < 1.29 is 9.13 Å². The van der Waals surface area contributed by atoms with Crippen LogP contribution in [0.1, 0.15) is 37.0 Å². The van der Waals surface area contributed by atoms with E-state index in [1.54, 1.807) is 36.5 Å². The summed E-state index contributed by atoms with van der Waals surface area (Å²) >= 11 is 1.59. The standard InChI is InChI=1S/C16H21FN2OS/c1-11-6-5-7-13(15(11)17)20-9-12-10-21-14(19-12)8-18-16(2,3)4/h5-7,10,18H,8-9H2,1-4H3. The molecule has 0 bridgehead atoms. The summed E-state index contributed by atoms with van der Waals surface area (Å²) < 4.78 is 19.3. The van der Waals surface area contributed by atoms with E-state index < -0.39 is 0 Å². The van der Waals surface area contributed by atoms with Gasteiger partial charge in [-0.1, -0.05) is 12.1 Å². The van der Waals surface area contributed by atoms with Gasteiger partial charge in [-0.25, -0.2) is 9.37 Å². The Hall–Kier alpha value is -1.46. The molecule has 0 fully saturated rings. The van der Waals surface area contributed by atoms with E-state index in [1.807, 2.05) is 5.38 Å². The van der Waals surface area contributed by atoms with Crippen LogP contribution in [0.25, 0.3) is 0 Å². The molecule has 3 nitrogen and oxygen atoms in total. The highest BCUT2D eigenvalue weighted by molar-refractivity contribution is 7.09. The Balaban J connectivity index is 1.92. The quantitative estimate of drug-likeness (QED) is 0.904. The zero-order chi connectivity index (χ0) is 15.5. The molecule has 114 valence electrons. The largest absolute Gasteiger partial charge is 0.484 e. The predicted octanol–water partition coefficient (Wildman–Crippen LogP) is 4.06. The predicted molar refractivity (Wildman–Crippen MR) is 84.2 cm³/mol. The minimum absolute atomic E-state index is 0.0625. The van der Waals surface area contributed by atoms with Gasteiger partial charge in [-0.05, 0) is 39.3 Å². The summed E-state index contributed by atoms with van der Waals surface area (Å²) in [5.41, 5.74) is 1.47. The van der Waals surface area contributed by atoms with E-state index >= 15 is 0 Å². The first-order valence-electron chi connectivity index (χ1n) is 6.91. The number of aromatic nitrogens is 1. The van der Waals surface area contributed by atoms with Gasteiger partial charge >= 0.3 is 0 Å². The van der Waals surface area contributed by atoms with Crippen LogP contribution in [-0.2, 0) is 13.2 Å². The number of nitrogens with zero attached hydrogens (tertiary/aromatic N) is 1. The summed E-state index contributed by atoms with van der Waals surface area (Å²) in [5.74, 6) is -0.0280. The lowest BCUT2D eigenvalue weighted by Crippen LogP contribution is -2.35. The Morgan fingerprint density at radius 3 is 2.81 bits per heavy atom. The lowest BCUT2D eigenvalue weighted by Gasteiger charge is -2.19. The molecule has 0 amide bonds. The van der Waals surface area contributed by atoms with Gasteiger partial charge in [0.25, 0.3) is 0 Å². The average molecular weight is 308 g/mol. The number of ether oxygens (including phenoxy) is 1. The van der Waals surface area contributed by atoms with E-state index in [2.05, 4.69) is 31.1 Å². The molecule has 0 radical (unpaired) electrons. The van der Waals surface area contributed by atoms with Crippen LogP contribution in [0.4, 0.5) is 4.39 Å². The number of hydrogen-bond acceptors (Lipinski definition) is 4. The van der Waals surface area contributed by atoms with Crippen molar-refractivity contribution in [3.63, 3.8) is 0 Å². The van der Waals surface area contributed by atoms with E-state index in [0.29, 0.717) is 5.56 Å². The van der Waals surface area contributed by atoms with E-state index in [-0.39, 0.29) is 23.7 Å². The molecule has 21 heavy (non-hydrogen) atoms. The van der Waals surface area contributed by atoms with Crippen molar-refractivity contribution >= 4 is 11.3 Å². The van der Waals surface area contributed by atoms with Crippen molar-refractivity contribution in [1.82, 2.24) is 10.3 Å². The first kappa shape index (κ1) is 15.9. The lowest BCUT2D eigenvalue weighted by molar-refractivity contribution is 0.285. The maximum Gasteiger partial charge on any atom is 0.167 e. The molecule has 1 N–H and O–H groups in total. The minimum Gasteiger partial charge on any atom is -0.484 e. The van der Waals surface area contributed by atoms with Crippen molar-refractivity contribution in [2.45, 2.75) is 46.4 Å². The van der Waals surface area contributed by atoms with Crippen LogP contribution >= 0.6 is 11.3 Å². The SMILES string of the molecule is Cc1cccc(OCc2csc(CNC(C)(C)C)n2)c1F. The van der Waals surface area contributed by atoms with Gasteiger partial charge in [0.1, 0.15) is 11.6 Å². The number of rotatable bonds is 5. The molecule has 0 atom stereocenters. The maximum atomic E-state index is 13.8. The van der Waals surface area contributed by atoms with Gasteiger partial charge in [0.15, 0.2) is 11.6 Å². The van der Waals surface area contributed by atoms with E-state index in [9.17, 15) is 4.39 Å². The second-order valence-electron chi connectivity index (χ2n) is 6.01. The van der Waals surface area contributed by atoms with Gasteiger partial charge in [-0.2, -0.15) is 0 Å². The average Bonchev–Trinajstić information content (AvgIpc) is 2.85. The molecular formula is C16H21FN2OS. The van der Waals surface area contributed by atoms with Crippen LogP contribution in [0.5, 0.6) is 5.75 Å². The molecule has 0 aliphatic heterocycles. The van der Waals surface area contributed by atoms with Crippen molar-refractivity contribution in [1.29, 1.82) is 0 Å². The van der Waals surface area contributed by atoms with E-state index in [4.69, 9.17) is 4.74 Å². The zero-order valence-electron chi connectivity index (χ0n) is 12.9. The molecular weight excluding hydrogens is 287 g/mol. The number of halogens is 1. The summed E-state index contributed by atoms with van der Waals surface area (Å²) in [6.07, 6.45) is 0. The normalized spacial score (nSPS) is 11.7. The summed E-state index contributed by atoms with van der Waals surface area (Å²) in [7, 11) is 0. The number of hydrogen-bond donors (Lipinski definition) is 1. The molecule has 0 saturated heterocycles. The second-order valence-corrected chi connectivity index (χ2v) is 6.95. The number of aryl methyl sites for hydroxylation is 1. The molecule has 1 aromatic heterocycles. The molecule has 1 heterocycles. The van der Waals surface area contributed by atoms with Crippen LogP contribution in [0.2, 0.25) is 0 Å². The Labute approximate surface area is 129 Å². The molecule has 0 saturated carbocycles. The van der Waals surface area contributed by atoms with Crippen LogP contribution in [-0.4, -0.2) is 10.5 Å². The summed E-state index contributed by atoms with van der Waals surface area (Å²) in [4.78, 5) is 4.49. The lowest BCUT2D eigenvalue weighted by atomic mass is 10.1. The van der Waals surface area contributed by atoms with Gasteiger partial charge in [-0.3, -0.25) is 0 Å². The molecule has 1 aromatic carbocycles. The Kier molecular flexibility index (Phi) is 4.96. The van der Waals surface area contributed by atoms with Crippen LogP contribution < -0.4 is 10.1 Å². The third-order valence-corrected chi connectivity index (χ3v) is 3.80. The number of thiazole rings is 1. The van der Waals surface area contributed by atoms with Crippen LogP contribution in [0.15, 0.2) is 23.6 Å². The van der Waals surface area contributed by atoms with Gasteiger partial charge in [-0.15, -0.1) is 11.3 Å². The molecule has 2 aromatic rings. The Morgan fingerprint density at radius 1 is 1.33 bits per heavy atom. The highest BCUT2D eigenvalue weighted by Gasteiger charge is 2.11. The Bertz CT molecular complexity index is 605. The highest BCUT2D eigenvalue weighted by Crippen LogP contribution is 2.21. The zero-order valence-corrected chi connectivity index (χ0v) is 13.7. The van der Waals surface area contributed by atoms with Gasteiger partial charge < -0.3 is 10.1 Å². The fourth-order valence-electron chi connectivity index (χ4n) is 1.72. The molecule has 0 spiro atoms. The molecule has 0 aliphatic rings. The van der Waals surface area contributed by atoms with E-state index in [1.165, 1.54) is 0 Å². The second kappa shape index (κ2) is 6.54. The molecule has 0 unspecified atom stereocenters. The smallest absolute Gasteiger partial charge is 0.167 e. The third-order valence-electron chi connectivity index (χ3n) is 2.90. The topological polar surface area (TPSA) is 34.1 Å². The Morgan fingerprint density at radius 2 is 2.10 bits per heavy atom. The third kappa shape index (κ3) is 4.79. The van der Waals surface area contributed by atoms with Gasteiger partial charge in [0.05, 0.1) is 5.69 Å². The summed E-state index contributed by atoms with van der Waals surface area (Å²) in [6.45, 7) is 9.09. The van der Waals surface area contributed by atoms with Crippen LogP contribution in [0.3, 0.4) is 0 Å². The van der Waals surface area contributed by atoms with Gasteiger partial charge in [0.2, 0.25) is 0 Å². The first-order chi connectivity index (χ1) is 9.85. The van der Waals surface area contributed by atoms with Crippen molar-refractivity contribution in [3.05, 3.63) is 45.7 Å². The monoisotopic (exact) mass is 308 g/mol. The fourth-order valence-corrected chi connectivity index (χ4v) is 2.44. The van der Waals surface area contributed by atoms with E-state index in [0.717, 1.165) is 17.2 Å². The minimum atomic E-state index is -0.303. The number of nitrogens with one attached hydrogen (secondary N) is 1. The molecule has 0 aliphatic carbocycles. The fraction of sp³-hybridized carbons (Fsp3) is 0.438. The van der Waals surface area contributed by atoms with Crippen molar-refractivity contribution in [3.8, 4) is 5.75 Å². The maximum absolute atomic E-state index is 13.8. The van der Waals surface area contributed by atoms with Gasteiger partial charge in [0, 0.05) is 17.5 Å². The van der Waals surface area contributed by atoms with Crippen LogP contribution in [0, 0.1) is 12.7 Å². The summed E-state index contributed by atoms with van der Waals surface area (Å²) in [5, 5.41) is 6.35. The van der Waals surface area contributed by atoms with Crippen molar-refractivity contribution in [2.24, 2.45) is 0 Å². The number of benzene rings is 1. The van der Waals surface area contributed by atoms with Crippen molar-refractivity contribution in [2.75, 3.05) is 0 Å².